The van der Waals surface area contributed by atoms with Gasteiger partial charge in [0.25, 0.3) is 0 Å². The Labute approximate surface area is 85.9 Å². The summed E-state index contributed by atoms with van der Waals surface area (Å²) in [5.74, 6) is 0.00161. The lowest BCUT2D eigenvalue weighted by atomic mass is 10.3. The third-order valence-electron chi connectivity index (χ3n) is 1.71. The van der Waals surface area contributed by atoms with Gasteiger partial charge in [0.2, 0.25) is 5.91 Å². The van der Waals surface area contributed by atoms with Gasteiger partial charge in [0.15, 0.2) is 0 Å². The molecule has 0 fully saturated rings. The summed E-state index contributed by atoms with van der Waals surface area (Å²) in [5, 5.41) is 3.14. The molecule has 0 aromatic carbocycles. The van der Waals surface area contributed by atoms with Gasteiger partial charge in [0.05, 0.1) is 0 Å². The summed E-state index contributed by atoms with van der Waals surface area (Å²) in [4.78, 5) is 12.8. The number of likely N-dealkylation sites (N-methyl/N-ethyl adjacent to an activating group) is 1. The van der Waals surface area contributed by atoms with Crippen LogP contribution in [0, 0.1) is 0 Å². The number of nitrogens with one attached hydrogen (secondary N) is 1. The van der Waals surface area contributed by atoms with Crippen LogP contribution in [0.15, 0.2) is 11.8 Å². The Hall–Kier alpha value is -1.03. The van der Waals surface area contributed by atoms with E-state index in [1.54, 1.807) is 32.2 Å². The third-order valence-corrected chi connectivity index (χ3v) is 1.71. The van der Waals surface area contributed by atoms with E-state index in [0.717, 1.165) is 25.3 Å². The second-order valence-corrected chi connectivity index (χ2v) is 3.33. The molecule has 1 N–H and O–H groups in total. The van der Waals surface area contributed by atoms with Crippen LogP contribution in [0.4, 0.5) is 0 Å². The molecule has 0 aliphatic heterocycles. The third kappa shape index (κ3) is 6.48. The van der Waals surface area contributed by atoms with Gasteiger partial charge in [-0.05, 0) is 13.3 Å². The second kappa shape index (κ2) is 7.38. The van der Waals surface area contributed by atoms with Crippen LogP contribution >= 0.6 is 0 Å². The van der Waals surface area contributed by atoms with Crippen LogP contribution in [0.1, 0.15) is 13.3 Å². The first-order valence-corrected chi connectivity index (χ1v) is 4.70. The molecular weight excluding hydrogens is 180 g/mol. The highest BCUT2D eigenvalue weighted by molar-refractivity contribution is 5.87. The minimum absolute atomic E-state index is 0.00161. The molecule has 0 unspecified atom stereocenters. The van der Waals surface area contributed by atoms with Crippen molar-refractivity contribution in [3.63, 3.8) is 0 Å². The van der Waals surface area contributed by atoms with Crippen LogP contribution in [0.3, 0.4) is 0 Å². The lowest BCUT2D eigenvalue weighted by molar-refractivity contribution is -0.123. The Morgan fingerprint density at radius 2 is 2.14 bits per heavy atom. The van der Waals surface area contributed by atoms with Crippen LogP contribution in [0.5, 0.6) is 0 Å². The topological polar surface area (TPSA) is 41.6 Å². The van der Waals surface area contributed by atoms with Crippen LogP contribution in [0.2, 0.25) is 0 Å². The van der Waals surface area contributed by atoms with Gasteiger partial charge in [-0.3, -0.25) is 4.79 Å². The molecule has 0 aliphatic rings. The summed E-state index contributed by atoms with van der Waals surface area (Å²) < 4.78 is 4.91. The summed E-state index contributed by atoms with van der Waals surface area (Å²) in [5.41, 5.74) is 0.889. The number of hydrogen-bond acceptors (Lipinski definition) is 3. The largest absolute Gasteiger partial charge is 0.388 e. The number of nitrogens with zero attached hydrogens (tertiary/aromatic N) is 1. The van der Waals surface area contributed by atoms with Crippen molar-refractivity contribution in [2.45, 2.75) is 13.3 Å². The number of hydrogen-bond donors (Lipinski definition) is 1. The molecule has 1 amide bonds. The van der Waals surface area contributed by atoms with Crippen molar-refractivity contribution in [1.29, 1.82) is 0 Å². The molecule has 4 heteroatoms. The standard InChI is InChI=1S/C10H20N2O2/c1-9(8-10(13)12(2)3)11-6-5-7-14-4/h8,11H,5-7H2,1-4H3. The highest BCUT2D eigenvalue weighted by atomic mass is 16.5. The van der Waals surface area contributed by atoms with Crippen LogP contribution in [-0.2, 0) is 9.53 Å². The Bertz CT molecular complexity index is 200. The minimum atomic E-state index is 0.00161. The quantitative estimate of drug-likeness (QED) is 0.504. The number of methoxy groups -OCH3 is 1. The first kappa shape index (κ1) is 13.0. The summed E-state index contributed by atoms with van der Waals surface area (Å²) >= 11 is 0. The Kier molecular flexibility index (Phi) is 6.84. The first-order valence-electron chi connectivity index (χ1n) is 4.70. The molecule has 82 valence electrons. The lowest BCUT2D eigenvalue weighted by Gasteiger charge is -2.09. The van der Waals surface area contributed by atoms with Crippen molar-refractivity contribution in [1.82, 2.24) is 10.2 Å². The van der Waals surface area contributed by atoms with Crippen molar-refractivity contribution in [2.75, 3.05) is 34.4 Å². The summed E-state index contributed by atoms with van der Waals surface area (Å²) in [6.45, 7) is 3.45. The van der Waals surface area contributed by atoms with Crippen LogP contribution in [0.25, 0.3) is 0 Å². The van der Waals surface area contributed by atoms with E-state index in [-0.39, 0.29) is 5.91 Å². The first-order chi connectivity index (χ1) is 6.57. The smallest absolute Gasteiger partial charge is 0.247 e. The maximum atomic E-state index is 11.2. The fraction of sp³-hybridized carbons (Fsp3) is 0.700. The molecule has 0 spiro atoms. The monoisotopic (exact) mass is 200 g/mol. The molecule has 0 rings (SSSR count). The maximum Gasteiger partial charge on any atom is 0.247 e. The molecule has 14 heavy (non-hydrogen) atoms. The lowest BCUT2D eigenvalue weighted by Crippen LogP contribution is -2.22. The van der Waals surface area contributed by atoms with E-state index < -0.39 is 0 Å². The predicted octanol–water partition coefficient (Wildman–Crippen LogP) is 0.604. The van der Waals surface area contributed by atoms with Gasteiger partial charge in [-0.15, -0.1) is 0 Å². The number of amides is 1. The van der Waals surface area contributed by atoms with E-state index in [1.165, 1.54) is 0 Å². The number of rotatable bonds is 6. The van der Waals surface area contributed by atoms with Crippen molar-refractivity contribution < 1.29 is 9.53 Å². The number of carbonyl (C=O) groups excluding carboxylic acids is 1. The summed E-state index contributed by atoms with van der Waals surface area (Å²) in [6.07, 6.45) is 2.53. The van der Waals surface area contributed by atoms with E-state index in [9.17, 15) is 4.79 Å². The molecule has 0 radical (unpaired) electrons. The molecule has 0 saturated carbocycles. The Morgan fingerprint density at radius 3 is 2.64 bits per heavy atom. The predicted molar refractivity (Wildman–Crippen MR) is 56.9 cm³/mol. The Morgan fingerprint density at radius 1 is 1.50 bits per heavy atom. The molecule has 0 aliphatic carbocycles. The van der Waals surface area contributed by atoms with Gasteiger partial charge in [-0.1, -0.05) is 0 Å². The SMILES string of the molecule is COCCCNC(C)=CC(=O)N(C)C. The molecular formula is C10H20N2O2. The van der Waals surface area contributed by atoms with Crippen molar-refractivity contribution in [3.05, 3.63) is 11.8 Å². The van der Waals surface area contributed by atoms with E-state index >= 15 is 0 Å². The van der Waals surface area contributed by atoms with E-state index in [2.05, 4.69) is 5.32 Å². The zero-order chi connectivity index (χ0) is 11.0. The van der Waals surface area contributed by atoms with Gasteiger partial charge in [-0.2, -0.15) is 0 Å². The molecule has 0 aromatic rings. The highest BCUT2D eigenvalue weighted by Gasteiger charge is 1.99. The minimum Gasteiger partial charge on any atom is -0.388 e. The highest BCUT2D eigenvalue weighted by Crippen LogP contribution is 1.90. The summed E-state index contributed by atoms with van der Waals surface area (Å²) in [7, 11) is 5.15. The van der Waals surface area contributed by atoms with Gasteiger partial charge in [0, 0.05) is 46.1 Å². The zero-order valence-electron chi connectivity index (χ0n) is 9.46. The zero-order valence-corrected chi connectivity index (χ0v) is 9.46. The average Bonchev–Trinajstić information content (AvgIpc) is 2.12. The summed E-state index contributed by atoms with van der Waals surface area (Å²) in [6, 6.07) is 0. The molecule has 0 bridgehead atoms. The molecule has 0 heterocycles. The molecule has 4 nitrogen and oxygen atoms in total. The number of allylic oxidation sites excluding steroid dienone is 1. The normalized spacial score (nSPS) is 11.3. The molecule has 0 saturated heterocycles. The number of ether oxygens (including phenoxy) is 1. The van der Waals surface area contributed by atoms with E-state index in [4.69, 9.17) is 4.74 Å². The van der Waals surface area contributed by atoms with Crippen molar-refractivity contribution in [3.8, 4) is 0 Å². The molecule has 0 atom stereocenters. The second-order valence-electron chi connectivity index (χ2n) is 3.33. The van der Waals surface area contributed by atoms with E-state index in [0.29, 0.717) is 0 Å². The van der Waals surface area contributed by atoms with Gasteiger partial charge in [-0.25, -0.2) is 0 Å². The number of carbonyl (C=O) groups is 1. The molecule has 0 aromatic heterocycles. The maximum absolute atomic E-state index is 11.2. The van der Waals surface area contributed by atoms with Crippen LogP contribution in [-0.4, -0.2) is 45.2 Å². The van der Waals surface area contributed by atoms with Gasteiger partial charge >= 0.3 is 0 Å². The van der Waals surface area contributed by atoms with Crippen molar-refractivity contribution >= 4 is 5.91 Å². The Balaban J connectivity index is 3.72. The fourth-order valence-electron chi connectivity index (χ4n) is 0.867. The fourth-order valence-corrected chi connectivity index (χ4v) is 0.867. The van der Waals surface area contributed by atoms with Gasteiger partial charge < -0.3 is 15.0 Å². The average molecular weight is 200 g/mol. The van der Waals surface area contributed by atoms with Crippen molar-refractivity contribution in [2.24, 2.45) is 0 Å². The van der Waals surface area contributed by atoms with Gasteiger partial charge in [0.1, 0.15) is 0 Å². The van der Waals surface area contributed by atoms with Crippen LogP contribution < -0.4 is 5.32 Å². The van der Waals surface area contributed by atoms with E-state index in [1.807, 2.05) is 6.92 Å².